The SMILES string of the molecule is CSc1nc(=O)n2ccc(C)cc2n1. The molecule has 0 unspecified atom stereocenters. The van der Waals surface area contributed by atoms with Crippen molar-refractivity contribution in [2.24, 2.45) is 0 Å². The molecule has 2 rings (SSSR count). The monoisotopic (exact) mass is 207 g/mol. The lowest BCUT2D eigenvalue weighted by Crippen LogP contribution is -2.18. The lowest BCUT2D eigenvalue weighted by atomic mass is 10.3. The molecule has 0 bridgehead atoms. The Morgan fingerprint density at radius 2 is 2.21 bits per heavy atom. The molecule has 0 radical (unpaired) electrons. The van der Waals surface area contributed by atoms with Gasteiger partial charge in [0.15, 0.2) is 5.16 Å². The van der Waals surface area contributed by atoms with Gasteiger partial charge in [-0.1, -0.05) is 11.8 Å². The summed E-state index contributed by atoms with van der Waals surface area (Å²) in [6, 6.07) is 3.72. The topological polar surface area (TPSA) is 47.3 Å². The fourth-order valence-electron chi connectivity index (χ4n) is 1.19. The van der Waals surface area contributed by atoms with Crippen molar-refractivity contribution in [3.8, 4) is 0 Å². The van der Waals surface area contributed by atoms with Gasteiger partial charge in [0.1, 0.15) is 5.65 Å². The van der Waals surface area contributed by atoms with Crippen LogP contribution in [0.5, 0.6) is 0 Å². The van der Waals surface area contributed by atoms with E-state index in [0.717, 1.165) is 5.56 Å². The van der Waals surface area contributed by atoms with Gasteiger partial charge in [0.2, 0.25) is 0 Å². The van der Waals surface area contributed by atoms with E-state index in [0.29, 0.717) is 10.8 Å². The first-order valence-electron chi connectivity index (χ1n) is 4.12. The van der Waals surface area contributed by atoms with Gasteiger partial charge >= 0.3 is 5.69 Å². The number of thioether (sulfide) groups is 1. The number of hydrogen-bond donors (Lipinski definition) is 0. The van der Waals surface area contributed by atoms with Gasteiger partial charge in [0.05, 0.1) is 0 Å². The van der Waals surface area contributed by atoms with Crippen LogP contribution < -0.4 is 5.69 Å². The second-order valence-corrected chi connectivity index (χ2v) is 3.70. The number of nitrogens with zero attached hydrogens (tertiary/aromatic N) is 3. The molecule has 0 aromatic carbocycles. The van der Waals surface area contributed by atoms with E-state index in [1.807, 2.05) is 25.3 Å². The average Bonchev–Trinajstić information content (AvgIpc) is 2.16. The molecule has 0 saturated carbocycles. The first kappa shape index (κ1) is 9.21. The van der Waals surface area contributed by atoms with E-state index in [1.165, 1.54) is 16.2 Å². The molecular formula is C9H9N3OS. The summed E-state index contributed by atoms with van der Waals surface area (Å²) in [5.74, 6) is 0. The molecule has 0 N–H and O–H groups in total. The molecule has 4 nitrogen and oxygen atoms in total. The summed E-state index contributed by atoms with van der Waals surface area (Å²) in [5, 5.41) is 0.514. The number of aryl methyl sites for hydroxylation is 1. The van der Waals surface area contributed by atoms with Crippen molar-refractivity contribution in [2.75, 3.05) is 6.26 Å². The molecule has 0 atom stereocenters. The average molecular weight is 207 g/mol. The number of hydrogen-bond acceptors (Lipinski definition) is 4. The molecule has 0 aliphatic heterocycles. The molecule has 0 fully saturated rings. The van der Waals surface area contributed by atoms with Crippen LogP contribution in [-0.2, 0) is 0 Å². The third kappa shape index (κ3) is 1.50. The van der Waals surface area contributed by atoms with Crippen LogP contribution in [0, 0.1) is 6.92 Å². The van der Waals surface area contributed by atoms with Crippen LogP contribution in [0.1, 0.15) is 5.56 Å². The molecule has 5 heteroatoms. The van der Waals surface area contributed by atoms with Crippen LogP contribution in [0.3, 0.4) is 0 Å². The number of fused-ring (bicyclic) bond motifs is 1. The van der Waals surface area contributed by atoms with Crippen molar-refractivity contribution >= 4 is 17.4 Å². The second kappa shape index (κ2) is 3.42. The molecule has 0 aliphatic carbocycles. The van der Waals surface area contributed by atoms with Gasteiger partial charge in [-0.3, -0.25) is 4.40 Å². The van der Waals surface area contributed by atoms with Gasteiger partial charge < -0.3 is 0 Å². The largest absolute Gasteiger partial charge is 0.355 e. The van der Waals surface area contributed by atoms with Gasteiger partial charge in [-0.15, -0.1) is 0 Å². The first-order valence-corrected chi connectivity index (χ1v) is 5.34. The fraction of sp³-hybridized carbons (Fsp3) is 0.222. The van der Waals surface area contributed by atoms with Gasteiger partial charge in [0.25, 0.3) is 0 Å². The zero-order valence-electron chi connectivity index (χ0n) is 7.89. The van der Waals surface area contributed by atoms with Crippen molar-refractivity contribution in [3.63, 3.8) is 0 Å². The Bertz CT molecular complexity index is 535. The lowest BCUT2D eigenvalue weighted by Gasteiger charge is -2.01. The first-order chi connectivity index (χ1) is 6.70. The van der Waals surface area contributed by atoms with Crippen LogP contribution >= 0.6 is 11.8 Å². The zero-order valence-corrected chi connectivity index (χ0v) is 8.71. The van der Waals surface area contributed by atoms with Crippen molar-refractivity contribution in [3.05, 3.63) is 34.4 Å². The minimum Gasteiger partial charge on any atom is -0.251 e. The summed E-state index contributed by atoms with van der Waals surface area (Å²) in [7, 11) is 0. The molecule has 72 valence electrons. The van der Waals surface area contributed by atoms with E-state index in [2.05, 4.69) is 9.97 Å². The van der Waals surface area contributed by atoms with Crippen molar-refractivity contribution in [2.45, 2.75) is 12.1 Å². The van der Waals surface area contributed by atoms with Crippen molar-refractivity contribution in [1.82, 2.24) is 14.4 Å². The van der Waals surface area contributed by atoms with Gasteiger partial charge in [-0.25, -0.2) is 9.78 Å². The molecule has 0 saturated heterocycles. The summed E-state index contributed by atoms with van der Waals surface area (Å²) in [4.78, 5) is 19.5. The summed E-state index contributed by atoms with van der Waals surface area (Å²) in [6.07, 6.45) is 3.54. The Morgan fingerprint density at radius 3 is 2.93 bits per heavy atom. The maximum absolute atomic E-state index is 11.5. The quantitative estimate of drug-likeness (QED) is 0.657. The normalized spacial score (nSPS) is 10.7. The molecular weight excluding hydrogens is 198 g/mol. The maximum atomic E-state index is 11.5. The summed E-state index contributed by atoms with van der Waals surface area (Å²) >= 11 is 1.37. The van der Waals surface area contributed by atoms with E-state index in [4.69, 9.17) is 0 Å². The highest BCUT2D eigenvalue weighted by Gasteiger charge is 2.01. The number of aromatic nitrogens is 3. The van der Waals surface area contributed by atoms with Crippen LogP contribution in [0.4, 0.5) is 0 Å². The van der Waals surface area contributed by atoms with Gasteiger partial charge in [-0.2, -0.15) is 4.98 Å². The van der Waals surface area contributed by atoms with E-state index < -0.39 is 0 Å². The Hall–Kier alpha value is -1.36. The Kier molecular flexibility index (Phi) is 2.25. The Labute approximate surface area is 85.0 Å². The molecule has 0 aliphatic rings. The third-order valence-corrected chi connectivity index (χ3v) is 2.43. The second-order valence-electron chi connectivity index (χ2n) is 2.93. The maximum Gasteiger partial charge on any atom is 0.355 e. The van der Waals surface area contributed by atoms with E-state index in [1.54, 1.807) is 6.20 Å². The minimum absolute atomic E-state index is 0.278. The Morgan fingerprint density at radius 1 is 1.43 bits per heavy atom. The van der Waals surface area contributed by atoms with Crippen LogP contribution in [0.25, 0.3) is 5.65 Å². The smallest absolute Gasteiger partial charge is 0.251 e. The van der Waals surface area contributed by atoms with Gasteiger partial charge in [-0.05, 0) is 30.9 Å². The standard InChI is InChI=1S/C9H9N3OS/c1-6-3-4-12-7(5-6)10-8(14-2)11-9(12)13/h3-5H,1-2H3. The van der Waals surface area contributed by atoms with E-state index in [-0.39, 0.29) is 5.69 Å². The Balaban J connectivity index is 2.84. The molecule has 2 aromatic rings. The van der Waals surface area contributed by atoms with Crippen LogP contribution in [0.15, 0.2) is 28.3 Å². The highest BCUT2D eigenvalue weighted by atomic mass is 32.2. The fourth-order valence-corrected chi connectivity index (χ4v) is 1.54. The van der Waals surface area contributed by atoms with E-state index >= 15 is 0 Å². The number of rotatable bonds is 1. The molecule has 0 spiro atoms. The highest BCUT2D eigenvalue weighted by Crippen LogP contribution is 2.07. The minimum atomic E-state index is -0.278. The van der Waals surface area contributed by atoms with Crippen molar-refractivity contribution < 1.29 is 0 Å². The molecule has 2 heterocycles. The molecule has 2 aromatic heterocycles. The van der Waals surface area contributed by atoms with Crippen LogP contribution in [0.2, 0.25) is 0 Å². The summed E-state index contributed by atoms with van der Waals surface area (Å²) < 4.78 is 1.44. The third-order valence-electron chi connectivity index (χ3n) is 1.88. The summed E-state index contributed by atoms with van der Waals surface area (Å²) in [6.45, 7) is 1.96. The lowest BCUT2D eigenvalue weighted by molar-refractivity contribution is 0.847. The van der Waals surface area contributed by atoms with Crippen molar-refractivity contribution in [1.29, 1.82) is 0 Å². The van der Waals surface area contributed by atoms with Crippen LogP contribution in [-0.4, -0.2) is 20.6 Å². The molecule has 0 amide bonds. The van der Waals surface area contributed by atoms with E-state index in [9.17, 15) is 4.79 Å². The van der Waals surface area contributed by atoms with Gasteiger partial charge in [0, 0.05) is 6.20 Å². The predicted molar refractivity (Wildman–Crippen MR) is 55.8 cm³/mol. The highest BCUT2D eigenvalue weighted by molar-refractivity contribution is 7.98. The zero-order chi connectivity index (χ0) is 10.1. The number of pyridine rings is 1. The molecule has 14 heavy (non-hydrogen) atoms. The predicted octanol–water partition coefficient (Wildman–Crippen LogP) is 1.12. The summed E-state index contributed by atoms with van der Waals surface area (Å²) in [5.41, 5.74) is 1.45.